The summed E-state index contributed by atoms with van der Waals surface area (Å²) in [6.07, 6.45) is 2.86. The van der Waals surface area contributed by atoms with Gasteiger partial charge in [0.25, 0.3) is 0 Å². The predicted molar refractivity (Wildman–Crippen MR) is 145 cm³/mol. The molecule has 0 spiro atoms. The zero-order chi connectivity index (χ0) is 22.7. The number of unbranched alkanes of at least 4 members (excludes halogenated alkanes) is 1. The lowest BCUT2D eigenvalue weighted by molar-refractivity contribution is 0.0685. The highest BCUT2D eigenvalue weighted by Gasteiger charge is 2.30. The van der Waals surface area contributed by atoms with E-state index in [4.69, 9.17) is 0 Å². The Morgan fingerprint density at radius 3 is 1.26 bits per heavy atom. The van der Waals surface area contributed by atoms with E-state index in [2.05, 4.69) is 6.92 Å². The lowest BCUT2D eigenvalue weighted by Gasteiger charge is -2.29. The van der Waals surface area contributed by atoms with Crippen molar-refractivity contribution in [2.45, 2.75) is 46.6 Å². The van der Waals surface area contributed by atoms with Gasteiger partial charge in [0.05, 0.1) is 0 Å². The van der Waals surface area contributed by atoms with E-state index in [1.54, 1.807) is 0 Å². The molecule has 0 unspecified atom stereocenters. The average Bonchev–Trinajstić information content (AvgIpc) is 2.89. The van der Waals surface area contributed by atoms with E-state index in [1.807, 2.05) is 121 Å². The SMILES string of the molecule is C.C.CCCCC(O)(c1ccccc1)c1ccccc1.O=C(c1ccccc1)c1ccccc1. The minimum absolute atomic E-state index is 0. The minimum atomic E-state index is -0.863. The molecule has 0 radical (unpaired) electrons. The van der Waals surface area contributed by atoms with Crippen molar-refractivity contribution in [2.24, 2.45) is 0 Å². The molecule has 2 nitrogen and oxygen atoms in total. The van der Waals surface area contributed by atoms with Crippen molar-refractivity contribution in [3.05, 3.63) is 144 Å². The molecule has 1 N–H and O–H groups in total. The molecule has 0 atom stereocenters. The van der Waals surface area contributed by atoms with Gasteiger partial charge in [-0.2, -0.15) is 0 Å². The van der Waals surface area contributed by atoms with Crippen LogP contribution in [0.25, 0.3) is 0 Å². The van der Waals surface area contributed by atoms with Gasteiger partial charge < -0.3 is 5.11 Å². The van der Waals surface area contributed by atoms with E-state index in [1.165, 1.54) is 0 Å². The van der Waals surface area contributed by atoms with E-state index in [0.717, 1.165) is 41.5 Å². The molecule has 0 heterocycles. The monoisotopic (exact) mass is 454 g/mol. The van der Waals surface area contributed by atoms with Crippen LogP contribution in [0.2, 0.25) is 0 Å². The Hall–Kier alpha value is -3.49. The Labute approximate surface area is 205 Å². The van der Waals surface area contributed by atoms with Gasteiger partial charge in [0.1, 0.15) is 5.60 Å². The van der Waals surface area contributed by atoms with Crippen LogP contribution in [0, 0.1) is 0 Å². The van der Waals surface area contributed by atoms with Gasteiger partial charge in [-0.15, -0.1) is 0 Å². The molecule has 4 rings (SSSR count). The van der Waals surface area contributed by atoms with Gasteiger partial charge in [0.15, 0.2) is 5.78 Å². The number of hydrogen-bond donors (Lipinski definition) is 1. The van der Waals surface area contributed by atoms with Crippen LogP contribution in [0.4, 0.5) is 0 Å². The second-order valence-electron chi connectivity index (χ2n) is 7.76. The van der Waals surface area contributed by atoms with E-state index in [-0.39, 0.29) is 20.6 Å². The molecule has 2 heteroatoms. The molecule has 0 saturated heterocycles. The second-order valence-corrected chi connectivity index (χ2v) is 7.76. The minimum Gasteiger partial charge on any atom is -0.380 e. The number of carbonyl (C=O) groups excluding carboxylic acids is 1. The van der Waals surface area contributed by atoms with Crippen LogP contribution >= 0.6 is 0 Å². The third kappa shape index (κ3) is 7.54. The zero-order valence-corrected chi connectivity index (χ0v) is 18.5. The maximum Gasteiger partial charge on any atom is 0.193 e. The van der Waals surface area contributed by atoms with Crippen LogP contribution in [0.3, 0.4) is 0 Å². The first-order valence-electron chi connectivity index (χ1n) is 11.1. The van der Waals surface area contributed by atoms with Crippen molar-refractivity contribution in [1.82, 2.24) is 0 Å². The van der Waals surface area contributed by atoms with Crippen molar-refractivity contribution in [2.75, 3.05) is 0 Å². The standard InChI is InChI=1S/C17H20O.C13H10O.2CH4/c1-2-3-14-17(18,15-10-6-4-7-11-15)16-12-8-5-9-13-16;14-13(11-7-3-1-4-8-11)12-9-5-2-6-10-12;;/h4-13,18H,2-3,14H2,1H3;1-10H;2*1H4. The molecule has 178 valence electrons. The van der Waals surface area contributed by atoms with Gasteiger partial charge in [0.2, 0.25) is 0 Å². The van der Waals surface area contributed by atoms with E-state index in [9.17, 15) is 9.90 Å². The molecule has 34 heavy (non-hydrogen) atoms. The van der Waals surface area contributed by atoms with Gasteiger partial charge in [0, 0.05) is 11.1 Å². The van der Waals surface area contributed by atoms with Crippen molar-refractivity contribution < 1.29 is 9.90 Å². The highest BCUT2D eigenvalue weighted by molar-refractivity contribution is 6.08. The fourth-order valence-electron chi connectivity index (χ4n) is 3.66. The average molecular weight is 455 g/mol. The lowest BCUT2D eigenvalue weighted by Crippen LogP contribution is -2.27. The molecule has 0 saturated carbocycles. The molecular formula is C32H38O2. The fraction of sp³-hybridized carbons (Fsp3) is 0.219. The molecule has 4 aromatic rings. The maximum atomic E-state index is 11.8. The summed E-state index contributed by atoms with van der Waals surface area (Å²) in [7, 11) is 0. The predicted octanol–water partition coefficient (Wildman–Crippen LogP) is 8.30. The summed E-state index contributed by atoms with van der Waals surface area (Å²) in [5, 5.41) is 11.1. The quantitative estimate of drug-likeness (QED) is 0.285. The molecule has 0 aliphatic rings. The Kier molecular flexibility index (Phi) is 12.3. The Bertz CT molecular complexity index is 978. The van der Waals surface area contributed by atoms with Crippen molar-refractivity contribution >= 4 is 5.78 Å². The zero-order valence-electron chi connectivity index (χ0n) is 18.5. The summed E-state index contributed by atoms with van der Waals surface area (Å²) in [5.74, 6) is 0.0752. The highest BCUT2D eigenvalue weighted by atomic mass is 16.3. The number of rotatable bonds is 7. The summed E-state index contributed by atoms with van der Waals surface area (Å²) in [4.78, 5) is 11.8. The second kappa shape index (κ2) is 14.6. The smallest absolute Gasteiger partial charge is 0.193 e. The van der Waals surface area contributed by atoms with Crippen molar-refractivity contribution in [1.29, 1.82) is 0 Å². The summed E-state index contributed by atoms with van der Waals surface area (Å²) in [6.45, 7) is 2.15. The number of hydrogen-bond acceptors (Lipinski definition) is 2. The molecular weight excluding hydrogens is 416 g/mol. The van der Waals surface area contributed by atoms with E-state index in [0.29, 0.717) is 0 Å². The maximum absolute atomic E-state index is 11.8. The molecule has 4 aromatic carbocycles. The van der Waals surface area contributed by atoms with Crippen LogP contribution in [0.1, 0.15) is 68.1 Å². The number of carbonyl (C=O) groups is 1. The van der Waals surface area contributed by atoms with Crippen molar-refractivity contribution in [3.63, 3.8) is 0 Å². The Morgan fingerprint density at radius 1 is 0.618 bits per heavy atom. The summed E-state index contributed by atoms with van der Waals surface area (Å²) >= 11 is 0. The summed E-state index contributed by atoms with van der Waals surface area (Å²) in [6, 6.07) is 38.5. The molecule has 0 fully saturated rings. The van der Waals surface area contributed by atoms with Crippen LogP contribution in [0.5, 0.6) is 0 Å². The summed E-state index contributed by atoms with van der Waals surface area (Å²) < 4.78 is 0. The van der Waals surface area contributed by atoms with Crippen LogP contribution in [-0.2, 0) is 5.60 Å². The molecule has 0 amide bonds. The third-order valence-electron chi connectivity index (χ3n) is 5.47. The first-order chi connectivity index (χ1) is 15.6. The van der Waals surface area contributed by atoms with Crippen LogP contribution < -0.4 is 0 Å². The first kappa shape index (κ1) is 28.5. The van der Waals surface area contributed by atoms with E-state index < -0.39 is 5.60 Å². The molecule has 0 aliphatic carbocycles. The molecule has 0 bridgehead atoms. The van der Waals surface area contributed by atoms with E-state index >= 15 is 0 Å². The Balaban J connectivity index is 0.000000329. The van der Waals surface area contributed by atoms with Gasteiger partial charge in [-0.1, -0.05) is 156 Å². The third-order valence-corrected chi connectivity index (χ3v) is 5.47. The van der Waals surface area contributed by atoms with Crippen molar-refractivity contribution in [3.8, 4) is 0 Å². The van der Waals surface area contributed by atoms with Gasteiger partial charge >= 0.3 is 0 Å². The van der Waals surface area contributed by atoms with Gasteiger partial charge in [-0.05, 0) is 17.5 Å². The number of aliphatic hydroxyl groups is 1. The topological polar surface area (TPSA) is 37.3 Å². The fourth-order valence-corrected chi connectivity index (χ4v) is 3.66. The van der Waals surface area contributed by atoms with Crippen LogP contribution in [0.15, 0.2) is 121 Å². The summed E-state index contributed by atoms with van der Waals surface area (Å²) in [5.41, 5.74) is 2.56. The van der Waals surface area contributed by atoms with Gasteiger partial charge in [-0.3, -0.25) is 4.79 Å². The first-order valence-corrected chi connectivity index (χ1v) is 11.1. The number of benzene rings is 4. The largest absolute Gasteiger partial charge is 0.380 e. The number of ketones is 1. The molecule has 0 aromatic heterocycles. The van der Waals surface area contributed by atoms with Gasteiger partial charge in [-0.25, -0.2) is 0 Å². The van der Waals surface area contributed by atoms with Crippen LogP contribution in [-0.4, -0.2) is 10.9 Å². The normalized spacial score (nSPS) is 10.1. The Morgan fingerprint density at radius 2 is 0.941 bits per heavy atom. The molecule has 0 aliphatic heterocycles. The lowest BCUT2D eigenvalue weighted by atomic mass is 9.82. The highest BCUT2D eigenvalue weighted by Crippen LogP contribution is 2.34.